The van der Waals surface area contributed by atoms with Crippen molar-refractivity contribution in [2.75, 3.05) is 0 Å². The van der Waals surface area contributed by atoms with Gasteiger partial charge in [-0.2, -0.15) is 0 Å². The Morgan fingerprint density at radius 3 is 2.58 bits per heavy atom. The number of carboxylic acid groups (broad SMARTS) is 1. The van der Waals surface area contributed by atoms with Crippen LogP contribution in [0.4, 0.5) is 0 Å². The molecule has 1 aromatic heterocycles. The SMILES string of the molecule is CC(=O)c1cccc(-c2c[nH]c(=O)cc2C(=O)O)c1. The highest BCUT2D eigenvalue weighted by atomic mass is 16.4. The van der Waals surface area contributed by atoms with Gasteiger partial charge in [0.2, 0.25) is 5.56 Å². The highest BCUT2D eigenvalue weighted by Crippen LogP contribution is 2.23. The predicted octanol–water partition coefficient (Wildman–Crippen LogP) is 1.94. The lowest BCUT2D eigenvalue weighted by atomic mass is 9.99. The largest absolute Gasteiger partial charge is 0.478 e. The van der Waals surface area contributed by atoms with Crippen LogP contribution in [0.15, 0.2) is 41.3 Å². The summed E-state index contributed by atoms with van der Waals surface area (Å²) in [6.07, 6.45) is 1.34. The van der Waals surface area contributed by atoms with E-state index >= 15 is 0 Å². The zero-order chi connectivity index (χ0) is 14.0. The molecule has 0 amide bonds. The van der Waals surface area contributed by atoms with E-state index < -0.39 is 11.5 Å². The van der Waals surface area contributed by atoms with Crippen LogP contribution < -0.4 is 5.56 Å². The van der Waals surface area contributed by atoms with Gasteiger partial charge in [0.1, 0.15) is 0 Å². The summed E-state index contributed by atoms with van der Waals surface area (Å²) in [6, 6.07) is 7.63. The molecular formula is C14H11NO4. The summed E-state index contributed by atoms with van der Waals surface area (Å²) in [6.45, 7) is 1.43. The molecule has 0 aliphatic heterocycles. The maximum atomic E-state index is 11.3. The summed E-state index contributed by atoms with van der Waals surface area (Å²) in [4.78, 5) is 36.1. The molecule has 0 fully saturated rings. The monoisotopic (exact) mass is 257 g/mol. The maximum Gasteiger partial charge on any atom is 0.336 e. The number of hydrogen-bond acceptors (Lipinski definition) is 3. The highest BCUT2D eigenvalue weighted by Gasteiger charge is 2.13. The summed E-state index contributed by atoms with van der Waals surface area (Å²) < 4.78 is 0. The Morgan fingerprint density at radius 2 is 1.95 bits per heavy atom. The number of carbonyl (C=O) groups is 2. The van der Waals surface area contributed by atoms with E-state index in [4.69, 9.17) is 5.11 Å². The summed E-state index contributed by atoms with van der Waals surface area (Å²) >= 11 is 0. The lowest BCUT2D eigenvalue weighted by Gasteiger charge is -2.06. The first-order valence-electron chi connectivity index (χ1n) is 5.56. The Balaban J connectivity index is 2.65. The summed E-state index contributed by atoms with van der Waals surface area (Å²) in [5, 5.41) is 9.11. The first kappa shape index (κ1) is 12.8. The Bertz CT molecular complexity index is 715. The Hall–Kier alpha value is -2.69. The number of benzene rings is 1. The number of ketones is 1. The topological polar surface area (TPSA) is 87.2 Å². The third-order valence-corrected chi connectivity index (χ3v) is 2.73. The molecule has 1 aromatic carbocycles. The first-order valence-corrected chi connectivity index (χ1v) is 5.56. The lowest BCUT2D eigenvalue weighted by molar-refractivity contribution is 0.0697. The minimum absolute atomic E-state index is 0.0931. The number of nitrogens with one attached hydrogen (secondary N) is 1. The molecule has 0 saturated heterocycles. The van der Waals surface area contributed by atoms with E-state index in [0.29, 0.717) is 16.7 Å². The number of aromatic carboxylic acids is 1. The van der Waals surface area contributed by atoms with Crippen molar-refractivity contribution in [3.8, 4) is 11.1 Å². The fraction of sp³-hybridized carbons (Fsp3) is 0.0714. The molecule has 5 heteroatoms. The Labute approximate surface area is 108 Å². The average Bonchev–Trinajstić information content (AvgIpc) is 2.38. The quantitative estimate of drug-likeness (QED) is 0.822. The first-order chi connectivity index (χ1) is 8.99. The molecule has 0 unspecified atom stereocenters. The molecule has 0 spiro atoms. The highest BCUT2D eigenvalue weighted by molar-refractivity contribution is 5.98. The van der Waals surface area contributed by atoms with Gasteiger partial charge >= 0.3 is 5.97 Å². The van der Waals surface area contributed by atoms with Crippen molar-refractivity contribution in [2.24, 2.45) is 0 Å². The number of carbonyl (C=O) groups excluding carboxylic acids is 1. The Morgan fingerprint density at radius 1 is 1.21 bits per heavy atom. The third-order valence-electron chi connectivity index (χ3n) is 2.73. The van der Waals surface area contributed by atoms with Gasteiger partial charge in [-0.15, -0.1) is 0 Å². The fourth-order valence-corrected chi connectivity index (χ4v) is 1.79. The summed E-state index contributed by atoms with van der Waals surface area (Å²) in [7, 11) is 0. The van der Waals surface area contributed by atoms with E-state index in [1.165, 1.54) is 13.1 Å². The number of aromatic amines is 1. The number of pyridine rings is 1. The number of Topliss-reactive ketones (excluding diaryl/α,β-unsaturated/α-hetero) is 1. The lowest BCUT2D eigenvalue weighted by Crippen LogP contribution is -2.10. The molecule has 2 aromatic rings. The zero-order valence-electron chi connectivity index (χ0n) is 10.1. The van der Waals surface area contributed by atoms with Crippen molar-refractivity contribution < 1.29 is 14.7 Å². The second-order valence-corrected chi connectivity index (χ2v) is 4.07. The van der Waals surface area contributed by atoms with Gasteiger partial charge in [0.15, 0.2) is 5.78 Å². The molecule has 5 nitrogen and oxygen atoms in total. The molecular weight excluding hydrogens is 246 g/mol. The average molecular weight is 257 g/mol. The van der Waals surface area contributed by atoms with Gasteiger partial charge in [-0.1, -0.05) is 18.2 Å². The van der Waals surface area contributed by atoms with Crippen LogP contribution in [0.3, 0.4) is 0 Å². The van der Waals surface area contributed by atoms with Gasteiger partial charge in [-0.3, -0.25) is 9.59 Å². The van der Waals surface area contributed by atoms with Crippen LogP contribution in [0.25, 0.3) is 11.1 Å². The number of H-pyrrole nitrogens is 1. The van der Waals surface area contributed by atoms with Crippen LogP contribution in [0.2, 0.25) is 0 Å². The standard InChI is InChI=1S/C14H11NO4/c1-8(16)9-3-2-4-10(5-9)12-7-15-13(17)6-11(12)14(18)19/h2-7H,1H3,(H,15,17)(H,18,19). The smallest absolute Gasteiger partial charge is 0.336 e. The molecule has 0 aliphatic rings. The number of carboxylic acids is 1. The minimum atomic E-state index is -1.19. The fourth-order valence-electron chi connectivity index (χ4n) is 1.79. The van der Waals surface area contributed by atoms with Gasteiger partial charge in [0.25, 0.3) is 0 Å². The third kappa shape index (κ3) is 2.60. The normalized spacial score (nSPS) is 10.2. The van der Waals surface area contributed by atoms with E-state index in [0.717, 1.165) is 6.07 Å². The van der Waals surface area contributed by atoms with E-state index in [2.05, 4.69) is 4.98 Å². The second kappa shape index (κ2) is 4.89. The summed E-state index contributed by atoms with van der Waals surface area (Å²) in [5.41, 5.74) is 0.852. The number of rotatable bonds is 3. The number of hydrogen-bond donors (Lipinski definition) is 2. The van der Waals surface area contributed by atoms with E-state index in [9.17, 15) is 14.4 Å². The van der Waals surface area contributed by atoms with Crippen molar-refractivity contribution in [1.29, 1.82) is 0 Å². The molecule has 1 heterocycles. The van der Waals surface area contributed by atoms with Crippen LogP contribution in [0.5, 0.6) is 0 Å². The zero-order valence-corrected chi connectivity index (χ0v) is 10.1. The van der Waals surface area contributed by atoms with Crippen LogP contribution in [-0.4, -0.2) is 21.8 Å². The van der Waals surface area contributed by atoms with Crippen LogP contribution in [0, 0.1) is 0 Å². The minimum Gasteiger partial charge on any atom is -0.478 e. The molecule has 96 valence electrons. The Kier molecular flexibility index (Phi) is 3.29. The molecule has 0 bridgehead atoms. The van der Waals surface area contributed by atoms with E-state index in [1.807, 2.05) is 0 Å². The van der Waals surface area contributed by atoms with Gasteiger partial charge in [-0.25, -0.2) is 4.79 Å². The van der Waals surface area contributed by atoms with Gasteiger partial charge in [-0.05, 0) is 18.6 Å². The van der Waals surface area contributed by atoms with Crippen molar-refractivity contribution in [3.05, 3.63) is 58.0 Å². The van der Waals surface area contributed by atoms with E-state index in [1.54, 1.807) is 24.3 Å². The molecule has 19 heavy (non-hydrogen) atoms. The molecule has 0 radical (unpaired) electrons. The molecule has 0 atom stereocenters. The van der Waals surface area contributed by atoms with Crippen molar-refractivity contribution >= 4 is 11.8 Å². The summed E-state index contributed by atoms with van der Waals surface area (Å²) in [5.74, 6) is -1.29. The maximum absolute atomic E-state index is 11.3. The predicted molar refractivity (Wildman–Crippen MR) is 69.5 cm³/mol. The van der Waals surface area contributed by atoms with Crippen LogP contribution in [0.1, 0.15) is 27.6 Å². The van der Waals surface area contributed by atoms with Gasteiger partial charge < -0.3 is 10.1 Å². The molecule has 0 aliphatic carbocycles. The van der Waals surface area contributed by atoms with Crippen molar-refractivity contribution in [2.45, 2.75) is 6.92 Å². The molecule has 2 N–H and O–H groups in total. The second-order valence-electron chi connectivity index (χ2n) is 4.07. The van der Waals surface area contributed by atoms with Gasteiger partial charge in [0.05, 0.1) is 5.56 Å². The number of aromatic nitrogens is 1. The van der Waals surface area contributed by atoms with Crippen LogP contribution >= 0.6 is 0 Å². The molecule has 0 saturated carbocycles. The van der Waals surface area contributed by atoms with Gasteiger partial charge in [0, 0.05) is 23.4 Å². The van der Waals surface area contributed by atoms with Crippen molar-refractivity contribution in [3.63, 3.8) is 0 Å². The van der Waals surface area contributed by atoms with Crippen molar-refractivity contribution in [1.82, 2.24) is 4.98 Å². The van der Waals surface area contributed by atoms with E-state index in [-0.39, 0.29) is 11.3 Å². The molecule has 2 rings (SSSR count). The van der Waals surface area contributed by atoms with Crippen LogP contribution in [-0.2, 0) is 0 Å².